The lowest BCUT2D eigenvalue weighted by molar-refractivity contribution is -0.0351. The minimum absolute atomic E-state index is 0.0621. The van der Waals surface area contributed by atoms with Gasteiger partial charge in [-0.2, -0.15) is 5.10 Å². The van der Waals surface area contributed by atoms with Crippen molar-refractivity contribution < 1.29 is 0 Å². The molecule has 1 aromatic heterocycles. The minimum atomic E-state index is -0.0621. The Balaban J connectivity index is 1.72. The predicted octanol–water partition coefficient (Wildman–Crippen LogP) is 1.03. The average Bonchev–Trinajstić information content (AvgIpc) is 2.69. The highest BCUT2D eigenvalue weighted by Gasteiger charge is 2.49. The number of hydrogen-bond acceptors (Lipinski definition) is 3. The number of hydrogen-bond donors (Lipinski definition) is 2. The summed E-state index contributed by atoms with van der Waals surface area (Å²) in [5.74, 6) is 3.81. The van der Waals surface area contributed by atoms with Crippen molar-refractivity contribution in [1.82, 2.24) is 14.8 Å². The van der Waals surface area contributed by atoms with Crippen LogP contribution in [0.15, 0.2) is 4.79 Å². The number of nitrogens with two attached hydrogens (primary N) is 1. The fourth-order valence-electron chi connectivity index (χ4n) is 4.97. The summed E-state index contributed by atoms with van der Waals surface area (Å²) in [4.78, 5) is 14.8. The van der Waals surface area contributed by atoms with E-state index in [-0.39, 0.29) is 5.69 Å². The van der Waals surface area contributed by atoms with E-state index in [1.807, 2.05) is 0 Å². The maximum absolute atomic E-state index is 12.0. The molecule has 98 valence electrons. The molecule has 1 aromatic rings. The SMILES string of the molecule is NCc1nn(C2C3CC4CC(C3)CC2C4)c(=O)[nH]1. The highest BCUT2D eigenvalue weighted by molar-refractivity contribution is 5.01. The number of nitrogens with one attached hydrogen (secondary N) is 1. The van der Waals surface area contributed by atoms with E-state index in [2.05, 4.69) is 10.1 Å². The Labute approximate surface area is 106 Å². The van der Waals surface area contributed by atoms with Crippen molar-refractivity contribution in [1.29, 1.82) is 0 Å². The summed E-state index contributed by atoms with van der Waals surface area (Å²) >= 11 is 0. The fraction of sp³-hybridized carbons (Fsp3) is 0.846. The topological polar surface area (TPSA) is 76.7 Å². The molecule has 4 bridgehead atoms. The molecule has 5 rings (SSSR count). The molecule has 0 radical (unpaired) electrons. The van der Waals surface area contributed by atoms with Crippen LogP contribution in [0, 0.1) is 23.7 Å². The maximum atomic E-state index is 12.0. The van der Waals surface area contributed by atoms with Gasteiger partial charge in [0.05, 0.1) is 12.6 Å². The summed E-state index contributed by atoms with van der Waals surface area (Å²) in [6.07, 6.45) is 6.64. The third-order valence-electron chi connectivity index (χ3n) is 5.34. The summed E-state index contributed by atoms with van der Waals surface area (Å²) in [5, 5.41) is 4.40. The molecule has 0 aliphatic heterocycles. The average molecular weight is 248 g/mol. The molecule has 0 amide bonds. The van der Waals surface area contributed by atoms with Crippen LogP contribution in [0.25, 0.3) is 0 Å². The Morgan fingerprint density at radius 3 is 2.28 bits per heavy atom. The van der Waals surface area contributed by atoms with E-state index in [1.54, 1.807) is 4.68 Å². The molecule has 5 heteroatoms. The van der Waals surface area contributed by atoms with E-state index in [0.29, 0.717) is 30.2 Å². The van der Waals surface area contributed by atoms with Gasteiger partial charge < -0.3 is 5.73 Å². The fourth-order valence-corrected chi connectivity index (χ4v) is 4.97. The van der Waals surface area contributed by atoms with Gasteiger partial charge in [-0.3, -0.25) is 4.98 Å². The van der Waals surface area contributed by atoms with Crippen molar-refractivity contribution in [3.05, 3.63) is 16.3 Å². The van der Waals surface area contributed by atoms with Crippen LogP contribution in [-0.4, -0.2) is 14.8 Å². The lowest BCUT2D eigenvalue weighted by Crippen LogP contribution is -2.48. The van der Waals surface area contributed by atoms with Crippen LogP contribution in [0.5, 0.6) is 0 Å². The van der Waals surface area contributed by atoms with Crippen LogP contribution in [-0.2, 0) is 6.54 Å². The molecule has 0 atom stereocenters. The van der Waals surface area contributed by atoms with Gasteiger partial charge in [0.25, 0.3) is 0 Å². The van der Waals surface area contributed by atoms with Gasteiger partial charge >= 0.3 is 5.69 Å². The molecule has 4 saturated carbocycles. The van der Waals surface area contributed by atoms with E-state index < -0.39 is 0 Å². The minimum Gasteiger partial charge on any atom is -0.324 e. The molecule has 0 spiro atoms. The van der Waals surface area contributed by atoms with E-state index in [9.17, 15) is 4.79 Å². The molecular formula is C13H20N4O. The van der Waals surface area contributed by atoms with Gasteiger partial charge in [0.15, 0.2) is 0 Å². The molecule has 18 heavy (non-hydrogen) atoms. The van der Waals surface area contributed by atoms with Crippen LogP contribution < -0.4 is 11.4 Å². The Morgan fingerprint density at radius 2 is 1.78 bits per heavy atom. The number of aromatic nitrogens is 3. The first-order chi connectivity index (χ1) is 8.74. The van der Waals surface area contributed by atoms with Crippen molar-refractivity contribution in [2.75, 3.05) is 0 Å². The molecule has 3 N–H and O–H groups in total. The van der Waals surface area contributed by atoms with E-state index in [4.69, 9.17) is 5.73 Å². The second-order valence-electron chi connectivity index (χ2n) is 6.45. The number of H-pyrrole nitrogens is 1. The van der Waals surface area contributed by atoms with Crippen LogP contribution in [0.1, 0.15) is 44.0 Å². The number of rotatable bonds is 2. The van der Waals surface area contributed by atoms with E-state index in [0.717, 1.165) is 11.8 Å². The normalized spacial score (nSPS) is 41.5. The third kappa shape index (κ3) is 1.43. The Bertz CT molecular complexity index is 489. The molecule has 4 fully saturated rings. The third-order valence-corrected chi connectivity index (χ3v) is 5.34. The van der Waals surface area contributed by atoms with Gasteiger partial charge in [-0.1, -0.05) is 0 Å². The van der Waals surface area contributed by atoms with Gasteiger partial charge in [0, 0.05) is 0 Å². The molecule has 0 aromatic carbocycles. The van der Waals surface area contributed by atoms with Gasteiger partial charge in [-0.25, -0.2) is 9.48 Å². The summed E-state index contributed by atoms with van der Waals surface area (Å²) < 4.78 is 1.72. The zero-order chi connectivity index (χ0) is 12.3. The quantitative estimate of drug-likeness (QED) is 0.820. The summed E-state index contributed by atoms with van der Waals surface area (Å²) in [5.41, 5.74) is 5.50. The second-order valence-corrected chi connectivity index (χ2v) is 6.45. The van der Waals surface area contributed by atoms with Gasteiger partial charge in [-0.05, 0) is 55.8 Å². The van der Waals surface area contributed by atoms with E-state index >= 15 is 0 Å². The molecule has 1 heterocycles. The van der Waals surface area contributed by atoms with Crippen molar-refractivity contribution in [3.63, 3.8) is 0 Å². The maximum Gasteiger partial charge on any atom is 0.343 e. The van der Waals surface area contributed by atoms with Crippen molar-refractivity contribution >= 4 is 0 Å². The van der Waals surface area contributed by atoms with Crippen LogP contribution in [0.2, 0.25) is 0 Å². The Hall–Kier alpha value is -1.10. The summed E-state index contributed by atoms with van der Waals surface area (Å²) in [7, 11) is 0. The predicted molar refractivity (Wildman–Crippen MR) is 66.8 cm³/mol. The molecule has 4 aliphatic carbocycles. The van der Waals surface area contributed by atoms with Gasteiger partial charge in [0.2, 0.25) is 0 Å². The van der Waals surface area contributed by atoms with Crippen molar-refractivity contribution in [2.24, 2.45) is 29.4 Å². The highest BCUT2D eigenvalue weighted by Crippen LogP contribution is 2.57. The highest BCUT2D eigenvalue weighted by atomic mass is 16.2. The van der Waals surface area contributed by atoms with Crippen LogP contribution in [0.3, 0.4) is 0 Å². The second kappa shape index (κ2) is 3.70. The standard InChI is InChI=1S/C13H20N4O/c14-6-11-15-13(18)17(16-11)12-9-2-7-1-8(4-9)5-10(12)3-7/h7-10,12H,1-6,14H2,(H,15,16,18). The lowest BCUT2D eigenvalue weighted by atomic mass is 9.54. The number of nitrogens with zero attached hydrogens (tertiary/aromatic N) is 2. The Morgan fingerprint density at radius 1 is 1.17 bits per heavy atom. The van der Waals surface area contributed by atoms with Gasteiger partial charge in [0.1, 0.15) is 5.82 Å². The van der Waals surface area contributed by atoms with Gasteiger partial charge in [-0.15, -0.1) is 0 Å². The molecule has 5 nitrogen and oxygen atoms in total. The van der Waals surface area contributed by atoms with Crippen molar-refractivity contribution in [3.8, 4) is 0 Å². The smallest absolute Gasteiger partial charge is 0.324 e. The molecule has 4 aliphatic rings. The first kappa shape index (κ1) is 10.8. The Kier molecular flexibility index (Phi) is 2.22. The van der Waals surface area contributed by atoms with Crippen LogP contribution in [0.4, 0.5) is 0 Å². The zero-order valence-electron chi connectivity index (χ0n) is 10.5. The zero-order valence-corrected chi connectivity index (χ0v) is 10.5. The first-order valence-corrected chi connectivity index (χ1v) is 7.12. The molecule has 0 saturated heterocycles. The largest absolute Gasteiger partial charge is 0.343 e. The van der Waals surface area contributed by atoms with Crippen molar-refractivity contribution in [2.45, 2.75) is 44.7 Å². The monoisotopic (exact) mass is 248 g/mol. The number of aromatic amines is 1. The van der Waals surface area contributed by atoms with Crippen LogP contribution >= 0.6 is 0 Å². The first-order valence-electron chi connectivity index (χ1n) is 7.12. The summed E-state index contributed by atoms with van der Waals surface area (Å²) in [6, 6.07) is 0.335. The molecule has 0 unspecified atom stereocenters. The van der Waals surface area contributed by atoms with E-state index in [1.165, 1.54) is 32.1 Å². The molecular weight excluding hydrogens is 228 g/mol. The lowest BCUT2D eigenvalue weighted by Gasteiger charge is -2.53. The summed E-state index contributed by atoms with van der Waals surface area (Å²) in [6.45, 7) is 0.315.